The van der Waals surface area contributed by atoms with Gasteiger partial charge in [-0.3, -0.25) is 4.99 Å². The molecule has 1 aliphatic rings. The maximum absolute atomic E-state index is 5.19. The quantitative estimate of drug-likeness (QED) is 0.498. The van der Waals surface area contributed by atoms with Gasteiger partial charge in [-0.2, -0.15) is 0 Å². The molecule has 0 radical (unpaired) electrons. The van der Waals surface area contributed by atoms with E-state index < -0.39 is 0 Å². The number of rotatable bonds is 6. The lowest BCUT2D eigenvalue weighted by Gasteiger charge is -2.28. The molecule has 0 aliphatic heterocycles. The molecule has 3 heteroatoms. The standard InChI is InChI=1S/C23H31N3/c1-18(2)22(24-19-12-6-3-7-13-19)23(25-20-14-8-4-9-15-20)26-21-16-10-5-11-17-21/h3-4,6-9,12-15,18,21-22,24H,5,10-11,16-17H2,1-2H3,(H,25,26). The zero-order chi connectivity index (χ0) is 18.2. The molecule has 26 heavy (non-hydrogen) atoms. The van der Waals surface area contributed by atoms with E-state index in [0.29, 0.717) is 12.0 Å². The first-order chi connectivity index (χ1) is 12.7. The number of nitrogens with zero attached hydrogens (tertiary/aromatic N) is 1. The van der Waals surface area contributed by atoms with Crippen molar-refractivity contribution in [2.45, 2.75) is 58.0 Å². The zero-order valence-electron chi connectivity index (χ0n) is 16.0. The predicted octanol–water partition coefficient (Wildman–Crippen LogP) is 5.97. The summed E-state index contributed by atoms with van der Waals surface area (Å²) < 4.78 is 0. The Balaban J connectivity index is 1.86. The molecule has 2 aromatic carbocycles. The zero-order valence-corrected chi connectivity index (χ0v) is 16.0. The molecule has 3 rings (SSSR count). The average molecular weight is 350 g/mol. The molecule has 0 saturated heterocycles. The number of hydrogen-bond acceptors (Lipinski definition) is 2. The largest absolute Gasteiger partial charge is 0.375 e. The summed E-state index contributed by atoms with van der Waals surface area (Å²) >= 11 is 0. The summed E-state index contributed by atoms with van der Waals surface area (Å²) in [7, 11) is 0. The van der Waals surface area contributed by atoms with E-state index in [9.17, 15) is 0 Å². The molecule has 0 amide bonds. The molecule has 1 fully saturated rings. The number of benzene rings is 2. The van der Waals surface area contributed by atoms with Crippen LogP contribution in [-0.4, -0.2) is 17.9 Å². The van der Waals surface area contributed by atoms with E-state index in [1.54, 1.807) is 0 Å². The summed E-state index contributed by atoms with van der Waals surface area (Å²) in [6.45, 7) is 4.51. The molecule has 0 spiro atoms. The third-order valence-electron chi connectivity index (χ3n) is 5.00. The van der Waals surface area contributed by atoms with E-state index in [4.69, 9.17) is 4.99 Å². The lowest BCUT2D eigenvalue weighted by Crippen LogP contribution is -2.40. The van der Waals surface area contributed by atoms with Crippen LogP contribution in [0.4, 0.5) is 11.4 Å². The monoisotopic (exact) mass is 349 g/mol. The Kier molecular flexibility index (Phi) is 6.70. The van der Waals surface area contributed by atoms with Gasteiger partial charge in [0.15, 0.2) is 0 Å². The van der Waals surface area contributed by atoms with Gasteiger partial charge in [0, 0.05) is 11.4 Å². The Morgan fingerprint density at radius 3 is 2.00 bits per heavy atom. The fraction of sp³-hybridized carbons (Fsp3) is 0.435. The van der Waals surface area contributed by atoms with Crippen LogP contribution in [0.3, 0.4) is 0 Å². The Morgan fingerprint density at radius 1 is 0.846 bits per heavy atom. The molecular formula is C23H31N3. The van der Waals surface area contributed by atoms with Crippen LogP contribution in [0.1, 0.15) is 46.0 Å². The molecule has 1 unspecified atom stereocenters. The lowest BCUT2D eigenvalue weighted by atomic mass is 9.95. The van der Waals surface area contributed by atoms with E-state index in [2.05, 4.69) is 79.1 Å². The predicted molar refractivity (Wildman–Crippen MR) is 113 cm³/mol. The minimum absolute atomic E-state index is 0.152. The van der Waals surface area contributed by atoms with E-state index in [1.165, 1.54) is 32.1 Å². The SMILES string of the molecule is CC(C)C(Nc1ccccc1)C(=NC1CCCCC1)Nc1ccccc1. The third kappa shape index (κ3) is 5.35. The van der Waals surface area contributed by atoms with Gasteiger partial charge >= 0.3 is 0 Å². The van der Waals surface area contributed by atoms with Crippen molar-refractivity contribution in [3.63, 3.8) is 0 Å². The van der Waals surface area contributed by atoms with Crippen molar-refractivity contribution < 1.29 is 0 Å². The lowest BCUT2D eigenvalue weighted by molar-refractivity contribution is 0.441. The van der Waals surface area contributed by atoms with E-state index in [1.807, 2.05) is 6.07 Å². The number of hydrogen-bond donors (Lipinski definition) is 2. The van der Waals surface area contributed by atoms with E-state index in [-0.39, 0.29) is 6.04 Å². The van der Waals surface area contributed by atoms with Crippen LogP contribution in [0.25, 0.3) is 0 Å². The Morgan fingerprint density at radius 2 is 1.42 bits per heavy atom. The first kappa shape index (κ1) is 18.5. The first-order valence-electron chi connectivity index (χ1n) is 9.94. The molecule has 0 aromatic heterocycles. The van der Waals surface area contributed by atoms with Gasteiger partial charge in [0.25, 0.3) is 0 Å². The van der Waals surface area contributed by atoms with Gasteiger partial charge in [0.05, 0.1) is 12.1 Å². The van der Waals surface area contributed by atoms with Gasteiger partial charge in [-0.1, -0.05) is 69.5 Å². The van der Waals surface area contributed by atoms with Crippen LogP contribution < -0.4 is 10.6 Å². The highest BCUT2D eigenvalue weighted by Gasteiger charge is 2.22. The average Bonchev–Trinajstić information content (AvgIpc) is 2.68. The molecule has 2 N–H and O–H groups in total. The molecule has 1 atom stereocenters. The molecule has 2 aromatic rings. The molecular weight excluding hydrogens is 318 g/mol. The van der Waals surface area contributed by atoms with Crippen molar-refractivity contribution in [3.05, 3.63) is 60.7 Å². The van der Waals surface area contributed by atoms with Crippen molar-refractivity contribution in [1.82, 2.24) is 0 Å². The van der Waals surface area contributed by atoms with Crippen LogP contribution >= 0.6 is 0 Å². The highest BCUT2D eigenvalue weighted by molar-refractivity contribution is 6.01. The second-order valence-electron chi connectivity index (χ2n) is 7.53. The van der Waals surface area contributed by atoms with Crippen molar-refractivity contribution in [3.8, 4) is 0 Å². The highest BCUT2D eigenvalue weighted by atomic mass is 15.1. The summed E-state index contributed by atoms with van der Waals surface area (Å²) in [5.41, 5.74) is 2.24. The number of aliphatic imine (C=N–C) groups is 1. The van der Waals surface area contributed by atoms with Crippen LogP contribution in [0.2, 0.25) is 0 Å². The van der Waals surface area contributed by atoms with Gasteiger partial charge in [-0.25, -0.2) is 0 Å². The van der Waals surface area contributed by atoms with Crippen LogP contribution in [0.15, 0.2) is 65.7 Å². The Bertz CT molecular complexity index is 673. The fourth-order valence-electron chi connectivity index (χ4n) is 3.53. The summed E-state index contributed by atoms with van der Waals surface area (Å²) in [5, 5.41) is 7.31. The maximum atomic E-state index is 5.19. The molecule has 0 heterocycles. The smallest absolute Gasteiger partial charge is 0.124 e. The minimum Gasteiger partial charge on any atom is -0.375 e. The minimum atomic E-state index is 0.152. The number of amidine groups is 1. The number of para-hydroxylation sites is 2. The Labute approximate surface area is 157 Å². The first-order valence-corrected chi connectivity index (χ1v) is 9.94. The van der Waals surface area contributed by atoms with E-state index in [0.717, 1.165) is 17.2 Å². The van der Waals surface area contributed by atoms with Gasteiger partial charge in [-0.15, -0.1) is 0 Å². The van der Waals surface area contributed by atoms with Gasteiger partial charge < -0.3 is 10.6 Å². The molecule has 0 bridgehead atoms. The molecule has 1 saturated carbocycles. The molecule has 1 aliphatic carbocycles. The topological polar surface area (TPSA) is 36.4 Å². The van der Waals surface area contributed by atoms with Crippen molar-refractivity contribution in [1.29, 1.82) is 0 Å². The van der Waals surface area contributed by atoms with Crippen molar-refractivity contribution >= 4 is 17.2 Å². The Hall–Kier alpha value is -2.29. The summed E-state index contributed by atoms with van der Waals surface area (Å²) in [5.74, 6) is 1.48. The highest BCUT2D eigenvalue weighted by Crippen LogP contribution is 2.23. The van der Waals surface area contributed by atoms with Crippen LogP contribution in [0, 0.1) is 5.92 Å². The van der Waals surface area contributed by atoms with Gasteiger partial charge in [0.1, 0.15) is 5.84 Å². The van der Waals surface area contributed by atoms with Crippen LogP contribution in [0.5, 0.6) is 0 Å². The molecule has 138 valence electrons. The van der Waals surface area contributed by atoms with Crippen LogP contribution in [-0.2, 0) is 0 Å². The van der Waals surface area contributed by atoms with Gasteiger partial charge in [-0.05, 0) is 43.0 Å². The van der Waals surface area contributed by atoms with Crippen molar-refractivity contribution in [2.24, 2.45) is 10.9 Å². The fourth-order valence-corrected chi connectivity index (χ4v) is 3.53. The summed E-state index contributed by atoms with van der Waals surface area (Å²) in [6.07, 6.45) is 6.35. The maximum Gasteiger partial charge on any atom is 0.124 e. The van der Waals surface area contributed by atoms with E-state index >= 15 is 0 Å². The van der Waals surface area contributed by atoms with Gasteiger partial charge in [0.2, 0.25) is 0 Å². The number of nitrogens with one attached hydrogen (secondary N) is 2. The van der Waals surface area contributed by atoms with Crippen molar-refractivity contribution in [2.75, 3.05) is 10.6 Å². The second-order valence-corrected chi connectivity index (χ2v) is 7.53. The summed E-state index contributed by atoms with van der Waals surface area (Å²) in [4.78, 5) is 5.19. The molecule has 3 nitrogen and oxygen atoms in total. The number of anilines is 2. The third-order valence-corrected chi connectivity index (χ3v) is 5.00. The summed E-state index contributed by atoms with van der Waals surface area (Å²) in [6, 6.07) is 21.4. The normalized spacial score (nSPS) is 17.1. The second kappa shape index (κ2) is 9.42.